The van der Waals surface area contributed by atoms with Gasteiger partial charge in [-0.3, -0.25) is 49.5 Å². The summed E-state index contributed by atoms with van der Waals surface area (Å²) in [6.45, 7) is 0. The Bertz CT molecular complexity index is 1550. The molecule has 0 fully saturated rings. The van der Waals surface area contributed by atoms with E-state index in [1.165, 1.54) is 0 Å². The van der Waals surface area contributed by atoms with Crippen molar-refractivity contribution in [2.24, 2.45) is 11.5 Å². The average Bonchev–Trinajstić information content (AvgIpc) is 2.97. The number of nitrogen functional groups attached to an aromatic ring is 2. The summed E-state index contributed by atoms with van der Waals surface area (Å²) >= 11 is 0. The average molecular weight is 664 g/mol. The van der Waals surface area contributed by atoms with E-state index in [0.29, 0.717) is 34.6 Å². The van der Waals surface area contributed by atoms with Crippen molar-refractivity contribution in [2.75, 3.05) is 11.5 Å². The molecule has 0 bridgehead atoms. The van der Waals surface area contributed by atoms with E-state index in [-0.39, 0.29) is 29.9 Å². The normalized spacial score (nSPS) is 11.0. The number of carboxylic acids is 2. The Morgan fingerprint density at radius 2 is 0.979 bits per heavy atom. The Morgan fingerprint density at radius 1 is 0.660 bits per heavy atom. The minimum atomic E-state index is -1.21. The summed E-state index contributed by atoms with van der Waals surface area (Å²) in [7, 11) is 0. The maximum Gasteiger partial charge on any atom is 0.324 e. The molecule has 0 aliphatic carbocycles. The molecule has 21 nitrogen and oxygen atoms in total. The number of carbonyl (C=O) groups is 4. The number of nitro groups is 3. The molecule has 3 aromatic carbocycles. The van der Waals surface area contributed by atoms with Crippen LogP contribution in [0.4, 0.5) is 28.4 Å². The van der Waals surface area contributed by atoms with Gasteiger partial charge in [-0.1, -0.05) is 24.3 Å². The number of non-ortho nitro benzene ring substituents is 1. The predicted molar refractivity (Wildman–Crippen MR) is 163 cm³/mol. The van der Waals surface area contributed by atoms with Crippen LogP contribution in [-0.4, -0.2) is 71.2 Å². The van der Waals surface area contributed by atoms with Gasteiger partial charge in [-0.25, -0.2) is 0 Å². The Kier molecular flexibility index (Phi) is 15.7. The predicted octanol–water partition coefficient (Wildman–Crippen LogP) is 0.799. The fraction of sp³-hybridized carbons (Fsp3) is 0.154. The van der Waals surface area contributed by atoms with Gasteiger partial charge in [0, 0.05) is 35.3 Å². The smallest absolute Gasteiger partial charge is 0.324 e. The van der Waals surface area contributed by atoms with Crippen LogP contribution in [0.1, 0.15) is 33.6 Å². The fourth-order valence-electron chi connectivity index (χ4n) is 3.27. The van der Waals surface area contributed by atoms with Gasteiger partial charge in [-0.05, 0) is 24.3 Å². The third kappa shape index (κ3) is 12.1. The van der Waals surface area contributed by atoms with Crippen LogP contribution < -0.4 is 22.9 Å². The summed E-state index contributed by atoms with van der Waals surface area (Å²) in [6, 6.07) is 11.5. The number of phenols is 1. The van der Waals surface area contributed by atoms with Gasteiger partial charge in [0.2, 0.25) is 0 Å². The van der Waals surface area contributed by atoms with Crippen molar-refractivity contribution in [3.63, 3.8) is 0 Å². The highest BCUT2D eigenvalue weighted by Gasteiger charge is 2.30. The first-order valence-electron chi connectivity index (χ1n) is 12.4. The molecule has 0 saturated heterocycles. The molecule has 252 valence electrons. The number of phenolic OH excluding ortho intramolecular Hbond substituents is 1. The van der Waals surface area contributed by atoms with E-state index in [2.05, 4.69) is 0 Å². The van der Waals surface area contributed by atoms with Crippen molar-refractivity contribution in [3.8, 4) is 5.75 Å². The number of benzene rings is 3. The molecule has 0 unspecified atom stereocenters. The van der Waals surface area contributed by atoms with Crippen LogP contribution in [0, 0.1) is 30.3 Å². The number of para-hydroxylation sites is 2. The van der Waals surface area contributed by atoms with Crippen LogP contribution >= 0.6 is 0 Å². The summed E-state index contributed by atoms with van der Waals surface area (Å²) in [5.74, 6) is -4.32. The van der Waals surface area contributed by atoms with Gasteiger partial charge >= 0.3 is 23.3 Å². The molecular weight excluding hydrogens is 634 g/mol. The van der Waals surface area contributed by atoms with E-state index in [1.807, 2.05) is 0 Å². The van der Waals surface area contributed by atoms with Gasteiger partial charge in [0.25, 0.3) is 11.4 Å². The molecule has 0 saturated carbocycles. The second kappa shape index (κ2) is 18.3. The van der Waals surface area contributed by atoms with Crippen molar-refractivity contribution in [1.82, 2.24) is 0 Å². The Balaban J connectivity index is 0.000000669. The Morgan fingerprint density at radius 3 is 1.23 bits per heavy atom. The number of hydrogen-bond donors (Lipinski definition) is 7. The first kappa shape index (κ1) is 40.4. The van der Waals surface area contributed by atoms with Crippen LogP contribution in [0.3, 0.4) is 0 Å². The highest BCUT2D eigenvalue weighted by Crippen LogP contribution is 2.39. The first-order valence-corrected chi connectivity index (χ1v) is 12.4. The number of Topliss-reactive ketones (excluding diaryl/α,β-unsaturated/α-hetero) is 2. The van der Waals surface area contributed by atoms with Crippen LogP contribution in [0.5, 0.6) is 5.75 Å². The third-order valence-electron chi connectivity index (χ3n) is 5.63. The number of carboxylic acid groups (broad SMARTS) is 2. The van der Waals surface area contributed by atoms with Gasteiger partial charge < -0.3 is 43.7 Å². The summed E-state index contributed by atoms with van der Waals surface area (Å²) in [4.78, 5) is 71.8. The zero-order valence-electron chi connectivity index (χ0n) is 23.9. The number of ketones is 2. The van der Waals surface area contributed by atoms with E-state index in [9.17, 15) is 49.5 Å². The number of rotatable bonds is 11. The van der Waals surface area contributed by atoms with Gasteiger partial charge in [0.15, 0.2) is 11.6 Å². The lowest BCUT2D eigenvalue weighted by molar-refractivity contribution is -0.404. The van der Waals surface area contributed by atoms with E-state index in [4.69, 9.17) is 38.3 Å². The minimum absolute atomic E-state index is 0. The molecule has 3 aromatic rings. The maximum absolute atomic E-state index is 11.6. The number of carbonyl (C=O) groups excluding carboxylic acids is 2. The van der Waals surface area contributed by atoms with Gasteiger partial charge in [0.05, 0.1) is 26.9 Å². The van der Waals surface area contributed by atoms with Crippen molar-refractivity contribution in [2.45, 2.75) is 24.9 Å². The van der Waals surface area contributed by atoms with Crippen LogP contribution in [0.25, 0.3) is 0 Å². The van der Waals surface area contributed by atoms with E-state index in [1.54, 1.807) is 48.5 Å². The summed E-state index contributed by atoms with van der Waals surface area (Å²) in [5.41, 5.74) is 19.9. The largest absolute Gasteiger partial charge is 0.497 e. The topological polar surface area (TPSA) is 394 Å². The fourth-order valence-corrected chi connectivity index (χ4v) is 3.27. The quantitative estimate of drug-likeness (QED) is 0.0645. The molecule has 0 radical (unpaired) electrons. The van der Waals surface area contributed by atoms with Crippen molar-refractivity contribution in [1.29, 1.82) is 0 Å². The molecule has 47 heavy (non-hydrogen) atoms. The highest BCUT2D eigenvalue weighted by atomic mass is 16.6. The zero-order valence-corrected chi connectivity index (χ0v) is 23.9. The van der Waals surface area contributed by atoms with Gasteiger partial charge in [-0.2, -0.15) is 0 Å². The molecule has 0 amide bonds. The lowest BCUT2D eigenvalue weighted by Gasteiger charge is -2.07. The molecule has 0 aliphatic rings. The van der Waals surface area contributed by atoms with E-state index in [0.717, 1.165) is 0 Å². The lowest BCUT2D eigenvalue weighted by Crippen LogP contribution is -2.32. The second-order valence-electron chi connectivity index (χ2n) is 8.92. The molecule has 3 rings (SSSR count). The van der Waals surface area contributed by atoms with Crippen LogP contribution in [0.2, 0.25) is 0 Å². The molecule has 0 spiro atoms. The minimum Gasteiger partial charge on any atom is -0.497 e. The Hall–Kier alpha value is -6.58. The van der Waals surface area contributed by atoms with Crippen molar-refractivity contribution < 1.29 is 54.7 Å². The molecule has 0 aliphatic heterocycles. The monoisotopic (exact) mass is 663 g/mol. The van der Waals surface area contributed by atoms with Crippen molar-refractivity contribution in [3.05, 3.63) is 102 Å². The van der Waals surface area contributed by atoms with Gasteiger partial charge in [-0.15, -0.1) is 0 Å². The zero-order chi connectivity index (χ0) is 35.3. The van der Waals surface area contributed by atoms with E-state index >= 15 is 0 Å². The molecule has 21 heteroatoms. The molecular formula is C26H29N7O14. The number of nitrogens with zero attached hydrogens (tertiary/aromatic N) is 3. The third-order valence-corrected chi connectivity index (χ3v) is 5.63. The number of hydrogen-bond acceptors (Lipinski definition) is 15. The standard InChI is InChI=1S/2C10H12N2O3.C6H3N3O7.H2O/c2*11-7-4-2-1-3-6(7)9(13)5-8(12)10(14)15;10-6-4(8(13)14)1-3(7(11)12)2-5(6)9(15)16;/h2*1-4,8H,5,11-12H2,(H,14,15);1-2,10H;1H2/t2*8-;;/m00../s1. The van der Waals surface area contributed by atoms with Crippen LogP contribution in [-0.2, 0) is 9.59 Å². The van der Waals surface area contributed by atoms with Crippen molar-refractivity contribution >= 4 is 51.9 Å². The van der Waals surface area contributed by atoms with Gasteiger partial charge in [0.1, 0.15) is 12.1 Å². The molecule has 13 N–H and O–H groups in total. The van der Waals surface area contributed by atoms with Crippen LogP contribution in [0.15, 0.2) is 60.7 Å². The highest BCUT2D eigenvalue weighted by molar-refractivity contribution is 6.03. The number of nitrogens with two attached hydrogens (primary N) is 4. The molecule has 2 atom stereocenters. The number of nitro benzene ring substituents is 3. The number of aromatic hydroxyl groups is 1. The molecule has 0 aromatic heterocycles. The lowest BCUT2D eigenvalue weighted by atomic mass is 10.0. The summed E-state index contributed by atoms with van der Waals surface area (Å²) in [5, 5.41) is 57.3. The first-order chi connectivity index (χ1) is 21.4. The summed E-state index contributed by atoms with van der Waals surface area (Å²) < 4.78 is 0. The number of aliphatic carboxylic acids is 2. The summed E-state index contributed by atoms with van der Waals surface area (Å²) in [6.07, 6.45) is -0.493. The Labute approximate surface area is 262 Å². The molecule has 0 heterocycles. The number of anilines is 2. The maximum atomic E-state index is 11.6. The van der Waals surface area contributed by atoms with E-state index < -0.39 is 61.6 Å². The second-order valence-corrected chi connectivity index (χ2v) is 8.92. The SMILES string of the molecule is Nc1ccccc1C(=O)C[C@H](N)C(=O)O.Nc1ccccc1C(=O)C[C@H](N)C(=O)O.O.O=[N+]([O-])c1cc([N+](=O)[O-])c(O)c([N+](=O)[O-])c1.